The van der Waals surface area contributed by atoms with Gasteiger partial charge >= 0.3 is 0 Å². The van der Waals surface area contributed by atoms with Crippen LogP contribution in [0.25, 0.3) is 0 Å². The number of nitrogens with zero attached hydrogens (tertiary/aromatic N) is 1. The van der Waals surface area contributed by atoms with Crippen molar-refractivity contribution in [2.24, 2.45) is 0 Å². The van der Waals surface area contributed by atoms with Crippen molar-refractivity contribution in [3.63, 3.8) is 0 Å². The van der Waals surface area contributed by atoms with Gasteiger partial charge in [-0.25, -0.2) is 0 Å². The molecule has 2 amide bonds. The quantitative estimate of drug-likeness (QED) is 0.924. The molecule has 1 aliphatic rings. The van der Waals surface area contributed by atoms with Gasteiger partial charge in [-0.2, -0.15) is 0 Å². The molecule has 1 aromatic carbocycles. The number of nitrogens with one attached hydrogen (secondary N) is 1. The highest BCUT2D eigenvalue weighted by atomic mass is 35.5. The van der Waals surface area contributed by atoms with Gasteiger partial charge in [0.05, 0.1) is 5.69 Å². The Morgan fingerprint density at radius 2 is 2.30 bits per heavy atom. The predicted molar refractivity (Wildman–Crippen MR) is 77.2 cm³/mol. The number of amides is 2. The van der Waals surface area contributed by atoms with Crippen LogP contribution in [0.15, 0.2) is 18.2 Å². The van der Waals surface area contributed by atoms with Crippen LogP contribution >= 0.6 is 11.6 Å². The molecule has 0 bridgehead atoms. The van der Waals surface area contributed by atoms with Gasteiger partial charge in [-0.1, -0.05) is 18.5 Å². The second-order valence-corrected chi connectivity index (χ2v) is 5.19. The molecule has 0 aliphatic carbocycles. The lowest BCUT2D eigenvalue weighted by Crippen LogP contribution is -2.46. The summed E-state index contributed by atoms with van der Waals surface area (Å²) in [5.41, 5.74) is 0.535. The van der Waals surface area contributed by atoms with E-state index in [0.29, 0.717) is 16.5 Å². The number of anilines is 1. The Hall–Kier alpha value is -1.75. The third kappa shape index (κ3) is 3.22. The van der Waals surface area contributed by atoms with E-state index < -0.39 is 0 Å². The van der Waals surface area contributed by atoms with Crippen LogP contribution in [0.2, 0.25) is 5.02 Å². The Labute approximate surface area is 122 Å². The average molecular weight is 297 g/mol. The van der Waals surface area contributed by atoms with E-state index in [0.717, 1.165) is 6.42 Å². The molecule has 1 N–H and O–H groups in total. The van der Waals surface area contributed by atoms with E-state index in [-0.39, 0.29) is 31.0 Å². The minimum Gasteiger partial charge on any atom is -0.482 e. The molecule has 1 aromatic rings. The van der Waals surface area contributed by atoms with Crippen LogP contribution in [-0.4, -0.2) is 31.0 Å². The zero-order chi connectivity index (χ0) is 14.7. The molecule has 1 heterocycles. The van der Waals surface area contributed by atoms with Gasteiger partial charge in [-0.3, -0.25) is 14.5 Å². The number of hydrogen-bond acceptors (Lipinski definition) is 3. The van der Waals surface area contributed by atoms with Gasteiger partial charge in [0, 0.05) is 11.1 Å². The number of carbonyl (C=O) groups excluding carboxylic acids is 2. The fraction of sp³-hybridized carbons (Fsp3) is 0.429. The SMILES string of the molecule is CC[C@H](C)NC(=O)CN1C(=O)COc2ccc(Cl)cc21. The summed E-state index contributed by atoms with van der Waals surface area (Å²) in [6.45, 7) is 3.81. The molecule has 1 aliphatic heterocycles. The summed E-state index contributed by atoms with van der Waals surface area (Å²) in [5.74, 6) is 0.116. The number of benzene rings is 1. The Morgan fingerprint density at radius 1 is 1.55 bits per heavy atom. The lowest BCUT2D eigenvalue weighted by atomic mass is 10.2. The second kappa shape index (κ2) is 6.13. The Morgan fingerprint density at radius 3 is 3.00 bits per heavy atom. The van der Waals surface area contributed by atoms with Crippen molar-refractivity contribution in [3.05, 3.63) is 23.2 Å². The lowest BCUT2D eigenvalue weighted by molar-refractivity contribution is -0.125. The van der Waals surface area contributed by atoms with Gasteiger partial charge in [0.1, 0.15) is 12.3 Å². The molecule has 0 unspecified atom stereocenters. The summed E-state index contributed by atoms with van der Waals surface area (Å²) >= 11 is 5.94. The molecule has 0 spiro atoms. The van der Waals surface area contributed by atoms with Gasteiger partial charge < -0.3 is 10.1 Å². The molecule has 0 fully saturated rings. The zero-order valence-corrected chi connectivity index (χ0v) is 12.2. The molecule has 6 heteroatoms. The van der Waals surface area contributed by atoms with Crippen molar-refractivity contribution < 1.29 is 14.3 Å². The van der Waals surface area contributed by atoms with E-state index in [1.165, 1.54) is 4.90 Å². The standard InChI is InChI=1S/C14H17ClN2O3/c1-3-9(2)16-13(18)7-17-11-6-10(15)4-5-12(11)20-8-14(17)19/h4-6,9H,3,7-8H2,1-2H3,(H,16,18)/t9-/m0/s1. The first-order chi connectivity index (χ1) is 9.51. The van der Waals surface area contributed by atoms with Crippen molar-refractivity contribution in [2.75, 3.05) is 18.1 Å². The first-order valence-corrected chi connectivity index (χ1v) is 6.91. The second-order valence-electron chi connectivity index (χ2n) is 4.76. The van der Waals surface area contributed by atoms with E-state index >= 15 is 0 Å². The van der Waals surface area contributed by atoms with Crippen LogP contribution < -0.4 is 15.0 Å². The lowest BCUT2D eigenvalue weighted by Gasteiger charge is -2.29. The maximum absolute atomic E-state index is 11.9. The topological polar surface area (TPSA) is 58.6 Å². The molecule has 1 atom stereocenters. The summed E-state index contributed by atoms with van der Waals surface area (Å²) in [6.07, 6.45) is 0.839. The Bertz CT molecular complexity index is 533. The largest absolute Gasteiger partial charge is 0.482 e. The number of hydrogen-bond donors (Lipinski definition) is 1. The monoisotopic (exact) mass is 296 g/mol. The van der Waals surface area contributed by atoms with Gasteiger partial charge in [0.15, 0.2) is 6.61 Å². The Kier molecular flexibility index (Phi) is 4.49. The van der Waals surface area contributed by atoms with Crippen LogP contribution in [0, 0.1) is 0 Å². The summed E-state index contributed by atoms with van der Waals surface area (Å²) < 4.78 is 5.32. The summed E-state index contributed by atoms with van der Waals surface area (Å²) in [6, 6.07) is 5.10. The van der Waals surface area contributed by atoms with E-state index in [1.807, 2.05) is 13.8 Å². The number of carbonyl (C=O) groups is 2. The molecule has 0 saturated carbocycles. The molecular weight excluding hydrogens is 280 g/mol. The zero-order valence-electron chi connectivity index (χ0n) is 11.5. The van der Waals surface area contributed by atoms with Crippen molar-refractivity contribution in [2.45, 2.75) is 26.3 Å². The van der Waals surface area contributed by atoms with Crippen molar-refractivity contribution in [1.82, 2.24) is 5.32 Å². The molecular formula is C14H17ClN2O3. The van der Waals surface area contributed by atoms with E-state index in [1.54, 1.807) is 18.2 Å². The van der Waals surface area contributed by atoms with Crippen LogP contribution in [0.1, 0.15) is 20.3 Å². The fourth-order valence-electron chi connectivity index (χ4n) is 1.91. The number of ether oxygens (including phenoxy) is 1. The van der Waals surface area contributed by atoms with Crippen LogP contribution in [0.5, 0.6) is 5.75 Å². The van der Waals surface area contributed by atoms with Crippen molar-refractivity contribution >= 4 is 29.1 Å². The van der Waals surface area contributed by atoms with Gasteiger partial charge in [0.25, 0.3) is 5.91 Å². The maximum atomic E-state index is 11.9. The minimum atomic E-state index is -0.251. The van der Waals surface area contributed by atoms with Crippen LogP contribution in [0.3, 0.4) is 0 Å². The van der Waals surface area contributed by atoms with Crippen LogP contribution in [0.4, 0.5) is 5.69 Å². The fourth-order valence-corrected chi connectivity index (χ4v) is 2.08. The van der Waals surface area contributed by atoms with Crippen LogP contribution in [-0.2, 0) is 9.59 Å². The highest BCUT2D eigenvalue weighted by Crippen LogP contribution is 2.34. The Balaban J connectivity index is 2.17. The smallest absolute Gasteiger partial charge is 0.265 e. The summed E-state index contributed by atoms with van der Waals surface area (Å²) in [5, 5.41) is 3.33. The van der Waals surface area contributed by atoms with Crippen molar-refractivity contribution in [1.29, 1.82) is 0 Å². The van der Waals surface area contributed by atoms with Gasteiger partial charge in [-0.15, -0.1) is 0 Å². The average Bonchev–Trinajstić information content (AvgIpc) is 2.42. The molecule has 5 nitrogen and oxygen atoms in total. The van der Waals surface area contributed by atoms with E-state index in [4.69, 9.17) is 16.3 Å². The van der Waals surface area contributed by atoms with Gasteiger partial charge in [0.2, 0.25) is 5.91 Å². The highest BCUT2D eigenvalue weighted by Gasteiger charge is 2.27. The predicted octanol–water partition coefficient (Wildman–Crippen LogP) is 1.98. The molecule has 0 aromatic heterocycles. The molecule has 2 rings (SSSR count). The first kappa shape index (κ1) is 14.7. The van der Waals surface area contributed by atoms with E-state index in [2.05, 4.69) is 5.32 Å². The molecule has 20 heavy (non-hydrogen) atoms. The summed E-state index contributed by atoms with van der Waals surface area (Å²) in [4.78, 5) is 25.3. The minimum absolute atomic E-state index is 0.0279. The number of halogens is 1. The normalized spacial score (nSPS) is 15.3. The molecule has 0 saturated heterocycles. The number of fused-ring (bicyclic) bond motifs is 1. The maximum Gasteiger partial charge on any atom is 0.265 e. The number of rotatable bonds is 4. The summed E-state index contributed by atoms with van der Waals surface area (Å²) in [7, 11) is 0. The van der Waals surface area contributed by atoms with Gasteiger partial charge in [-0.05, 0) is 31.5 Å². The van der Waals surface area contributed by atoms with Crippen molar-refractivity contribution in [3.8, 4) is 5.75 Å². The third-order valence-electron chi connectivity index (χ3n) is 3.19. The first-order valence-electron chi connectivity index (χ1n) is 6.53. The molecule has 108 valence electrons. The highest BCUT2D eigenvalue weighted by molar-refractivity contribution is 6.31. The third-order valence-corrected chi connectivity index (χ3v) is 3.42. The van der Waals surface area contributed by atoms with E-state index in [9.17, 15) is 9.59 Å². The molecule has 0 radical (unpaired) electrons.